The molecule has 0 saturated carbocycles. The molecule has 0 bridgehead atoms. The van der Waals surface area contributed by atoms with Gasteiger partial charge in [-0.25, -0.2) is 25.6 Å². The van der Waals surface area contributed by atoms with E-state index >= 15 is 0 Å². The van der Waals surface area contributed by atoms with Crippen molar-refractivity contribution in [2.75, 3.05) is 9.44 Å². The minimum Gasteiger partial charge on any atom is -0.280 e. The lowest BCUT2D eigenvalue weighted by molar-refractivity contribution is 0.551. The number of halogens is 4. The summed E-state index contributed by atoms with van der Waals surface area (Å²) < 4.78 is 80.7. The minimum atomic E-state index is -4.35. The van der Waals surface area contributed by atoms with E-state index in [1.807, 2.05) is 0 Å². The van der Waals surface area contributed by atoms with E-state index in [9.17, 15) is 25.6 Å². The van der Waals surface area contributed by atoms with Gasteiger partial charge in [0, 0.05) is 21.8 Å². The highest BCUT2D eigenvalue weighted by Crippen LogP contribution is 2.26. The lowest BCUT2D eigenvalue weighted by Crippen LogP contribution is -2.15. The third-order valence-corrected chi connectivity index (χ3v) is 6.96. The molecule has 0 fully saturated rings. The van der Waals surface area contributed by atoms with Crippen LogP contribution in [0, 0.1) is 11.6 Å². The molecule has 0 unspecified atom stereocenters. The van der Waals surface area contributed by atoms with Crippen LogP contribution in [0.15, 0.2) is 70.5 Å². The van der Waals surface area contributed by atoms with Crippen LogP contribution < -0.4 is 9.44 Å². The molecule has 0 amide bonds. The summed E-state index contributed by atoms with van der Waals surface area (Å²) in [4.78, 5) is -0.922. The standard InChI is InChI=1S/C18H12Cl2F2N2O4S2/c19-11-7-12(20)9-15(8-11)24-29(25,26)16-4-2-14(3-5-16)23-30(27,28)18-6-1-13(21)10-17(18)22/h1-10,23-24H. The second-order valence-corrected chi connectivity index (χ2v) is 10.2. The predicted octanol–water partition coefficient (Wildman–Crippen LogP) is 4.87. The van der Waals surface area contributed by atoms with Gasteiger partial charge in [-0.15, -0.1) is 0 Å². The maximum Gasteiger partial charge on any atom is 0.264 e. The lowest BCUT2D eigenvalue weighted by Gasteiger charge is -2.11. The Morgan fingerprint density at radius 2 is 1.23 bits per heavy atom. The molecule has 3 aromatic carbocycles. The molecule has 6 nitrogen and oxygen atoms in total. The van der Waals surface area contributed by atoms with E-state index in [2.05, 4.69) is 9.44 Å². The first kappa shape index (κ1) is 22.3. The maximum absolute atomic E-state index is 13.8. The Morgan fingerprint density at radius 1 is 0.667 bits per heavy atom. The van der Waals surface area contributed by atoms with Gasteiger partial charge in [-0.2, -0.15) is 0 Å². The summed E-state index contributed by atoms with van der Waals surface area (Å²) >= 11 is 11.7. The van der Waals surface area contributed by atoms with Crippen molar-refractivity contribution in [3.63, 3.8) is 0 Å². The summed E-state index contributed by atoms with van der Waals surface area (Å²) in [5.74, 6) is -2.18. The highest BCUT2D eigenvalue weighted by molar-refractivity contribution is 7.93. The van der Waals surface area contributed by atoms with E-state index in [0.717, 1.165) is 24.3 Å². The molecule has 0 aliphatic rings. The Labute approximate surface area is 181 Å². The molecule has 0 aromatic heterocycles. The Hall–Kier alpha value is -2.40. The van der Waals surface area contributed by atoms with Gasteiger partial charge in [0.15, 0.2) is 0 Å². The molecule has 0 saturated heterocycles. The fourth-order valence-electron chi connectivity index (χ4n) is 2.43. The highest BCUT2D eigenvalue weighted by Gasteiger charge is 2.20. The molecule has 0 aliphatic heterocycles. The number of hydrogen-bond acceptors (Lipinski definition) is 4. The van der Waals surface area contributed by atoms with Crippen LogP contribution in [-0.2, 0) is 20.0 Å². The first-order valence-corrected chi connectivity index (χ1v) is 11.8. The molecule has 0 spiro atoms. The van der Waals surface area contributed by atoms with Crippen LogP contribution in [-0.4, -0.2) is 16.8 Å². The summed E-state index contributed by atoms with van der Waals surface area (Å²) in [5, 5.41) is 0.468. The van der Waals surface area contributed by atoms with Crippen molar-refractivity contribution in [2.24, 2.45) is 0 Å². The quantitative estimate of drug-likeness (QED) is 0.513. The van der Waals surface area contributed by atoms with E-state index < -0.39 is 36.6 Å². The van der Waals surface area contributed by atoms with E-state index in [1.165, 1.54) is 30.3 Å². The first-order chi connectivity index (χ1) is 14.0. The van der Waals surface area contributed by atoms with Gasteiger partial charge in [-0.1, -0.05) is 23.2 Å². The molecule has 2 N–H and O–H groups in total. The van der Waals surface area contributed by atoms with Gasteiger partial charge >= 0.3 is 0 Å². The van der Waals surface area contributed by atoms with Crippen LogP contribution >= 0.6 is 23.2 Å². The fraction of sp³-hybridized carbons (Fsp3) is 0. The van der Waals surface area contributed by atoms with E-state index in [1.54, 1.807) is 0 Å². The van der Waals surface area contributed by atoms with Crippen LogP contribution in [0.25, 0.3) is 0 Å². The molecule has 30 heavy (non-hydrogen) atoms. The van der Waals surface area contributed by atoms with Crippen molar-refractivity contribution >= 4 is 54.6 Å². The minimum absolute atomic E-state index is 0.0246. The molecule has 0 radical (unpaired) electrons. The predicted molar refractivity (Wildman–Crippen MR) is 111 cm³/mol. The highest BCUT2D eigenvalue weighted by atomic mass is 35.5. The van der Waals surface area contributed by atoms with Crippen LogP contribution in [0.1, 0.15) is 0 Å². The first-order valence-electron chi connectivity index (χ1n) is 8.03. The average Bonchev–Trinajstić information content (AvgIpc) is 2.60. The molecule has 12 heteroatoms. The lowest BCUT2D eigenvalue weighted by atomic mass is 10.3. The SMILES string of the molecule is O=S(=O)(Nc1cc(Cl)cc(Cl)c1)c1ccc(NS(=O)(=O)c2ccc(F)cc2F)cc1. The number of nitrogens with one attached hydrogen (secondary N) is 2. The monoisotopic (exact) mass is 492 g/mol. The smallest absolute Gasteiger partial charge is 0.264 e. The number of hydrogen-bond donors (Lipinski definition) is 2. The molecule has 3 aromatic rings. The number of sulfonamides is 2. The third kappa shape index (κ3) is 5.20. The summed E-state index contributed by atoms with van der Waals surface area (Å²) in [6.07, 6.45) is 0. The maximum atomic E-state index is 13.8. The third-order valence-electron chi connectivity index (χ3n) is 3.72. The van der Waals surface area contributed by atoms with Crippen LogP contribution in [0.2, 0.25) is 10.0 Å². The van der Waals surface area contributed by atoms with Gasteiger partial charge < -0.3 is 0 Å². The van der Waals surface area contributed by atoms with E-state index in [-0.39, 0.29) is 26.3 Å². The van der Waals surface area contributed by atoms with Gasteiger partial charge in [0.2, 0.25) is 0 Å². The second kappa shape index (κ2) is 8.38. The van der Waals surface area contributed by atoms with E-state index in [0.29, 0.717) is 6.07 Å². The van der Waals surface area contributed by atoms with Crippen molar-refractivity contribution in [1.82, 2.24) is 0 Å². The summed E-state index contributed by atoms with van der Waals surface area (Å²) in [6, 6.07) is 10.9. The van der Waals surface area contributed by atoms with Gasteiger partial charge in [0.25, 0.3) is 20.0 Å². The van der Waals surface area contributed by atoms with Gasteiger partial charge in [0.05, 0.1) is 10.6 Å². The molecule has 0 aliphatic carbocycles. The normalized spacial score (nSPS) is 11.9. The van der Waals surface area contributed by atoms with Crippen molar-refractivity contribution in [1.29, 1.82) is 0 Å². The number of anilines is 2. The van der Waals surface area contributed by atoms with Crippen LogP contribution in [0.4, 0.5) is 20.2 Å². The molecule has 0 atom stereocenters. The van der Waals surface area contributed by atoms with E-state index in [4.69, 9.17) is 23.2 Å². The fourth-order valence-corrected chi connectivity index (χ4v) is 5.12. The van der Waals surface area contributed by atoms with Gasteiger partial charge in [-0.3, -0.25) is 9.44 Å². The van der Waals surface area contributed by atoms with Crippen molar-refractivity contribution < 1.29 is 25.6 Å². The zero-order valence-electron chi connectivity index (χ0n) is 14.7. The van der Waals surface area contributed by atoms with Crippen molar-refractivity contribution in [3.05, 3.63) is 82.3 Å². The largest absolute Gasteiger partial charge is 0.280 e. The molecular formula is C18H12Cl2F2N2O4S2. The van der Waals surface area contributed by atoms with Crippen LogP contribution in [0.5, 0.6) is 0 Å². The van der Waals surface area contributed by atoms with Crippen molar-refractivity contribution in [3.8, 4) is 0 Å². The van der Waals surface area contributed by atoms with Crippen LogP contribution in [0.3, 0.4) is 0 Å². The summed E-state index contributed by atoms with van der Waals surface area (Å²) in [5.41, 5.74) is 0.118. The Bertz CT molecular complexity index is 1300. The average molecular weight is 493 g/mol. The number of benzene rings is 3. The molecule has 158 valence electrons. The molecule has 3 rings (SSSR count). The van der Waals surface area contributed by atoms with Gasteiger partial charge in [0.1, 0.15) is 16.5 Å². The van der Waals surface area contributed by atoms with Gasteiger partial charge in [-0.05, 0) is 54.6 Å². The summed E-state index contributed by atoms with van der Waals surface area (Å²) in [6.45, 7) is 0. The number of rotatable bonds is 6. The Morgan fingerprint density at radius 3 is 1.80 bits per heavy atom. The zero-order chi connectivity index (χ0) is 22.1. The zero-order valence-corrected chi connectivity index (χ0v) is 17.9. The Kier molecular flexibility index (Phi) is 6.23. The Balaban J connectivity index is 1.81. The topological polar surface area (TPSA) is 92.3 Å². The second-order valence-electron chi connectivity index (χ2n) is 5.97. The summed E-state index contributed by atoms with van der Waals surface area (Å²) in [7, 11) is -8.37. The molecule has 0 heterocycles. The molecular weight excluding hydrogens is 481 g/mol. The van der Waals surface area contributed by atoms with Crippen molar-refractivity contribution in [2.45, 2.75) is 9.79 Å².